The standard InChI is InChI=1S/C19H17N/c1-20-11-18-14-7-3-2-6-13(14)16-10-19(18,12-20)17-9-5-4-8-15(16)17/h2-9,11,16H,10,12H2,1H3. The van der Waals surface area contributed by atoms with Gasteiger partial charge in [-0.3, -0.25) is 0 Å². The Hall–Kier alpha value is -2.02. The first-order valence-corrected chi connectivity index (χ1v) is 7.41. The van der Waals surface area contributed by atoms with Crippen molar-refractivity contribution in [3.63, 3.8) is 0 Å². The van der Waals surface area contributed by atoms with Crippen molar-refractivity contribution in [3.05, 3.63) is 77.0 Å². The van der Waals surface area contributed by atoms with Gasteiger partial charge in [-0.2, -0.15) is 0 Å². The van der Waals surface area contributed by atoms with Gasteiger partial charge in [-0.05, 0) is 34.2 Å². The molecule has 2 aromatic rings. The zero-order valence-corrected chi connectivity index (χ0v) is 11.6. The molecule has 5 rings (SSSR count). The van der Waals surface area contributed by atoms with Crippen LogP contribution in [0.25, 0.3) is 5.57 Å². The lowest BCUT2D eigenvalue weighted by molar-refractivity contribution is 0.388. The molecule has 3 aliphatic rings. The van der Waals surface area contributed by atoms with E-state index < -0.39 is 0 Å². The summed E-state index contributed by atoms with van der Waals surface area (Å²) in [5.41, 5.74) is 7.90. The molecule has 2 aromatic carbocycles. The lowest BCUT2D eigenvalue weighted by atomic mass is 9.68. The van der Waals surface area contributed by atoms with Gasteiger partial charge in [-0.15, -0.1) is 0 Å². The fourth-order valence-electron chi connectivity index (χ4n) is 4.76. The van der Waals surface area contributed by atoms with Gasteiger partial charge < -0.3 is 4.90 Å². The van der Waals surface area contributed by atoms with Crippen LogP contribution in [0.5, 0.6) is 0 Å². The Labute approximate surface area is 119 Å². The molecule has 20 heavy (non-hydrogen) atoms. The van der Waals surface area contributed by atoms with Crippen LogP contribution in [0.2, 0.25) is 0 Å². The Morgan fingerprint density at radius 3 is 2.65 bits per heavy atom. The Morgan fingerprint density at radius 2 is 1.75 bits per heavy atom. The maximum Gasteiger partial charge on any atom is 0.0409 e. The first kappa shape index (κ1) is 10.7. The van der Waals surface area contributed by atoms with Gasteiger partial charge in [0.15, 0.2) is 0 Å². The van der Waals surface area contributed by atoms with E-state index in [-0.39, 0.29) is 5.41 Å². The summed E-state index contributed by atoms with van der Waals surface area (Å²) in [5, 5.41) is 0. The molecule has 0 N–H and O–H groups in total. The van der Waals surface area contributed by atoms with E-state index in [0.717, 1.165) is 6.54 Å². The number of nitrogens with zero attached hydrogens (tertiary/aromatic N) is 1. The van der Waals surface area contributed by atoms with E-state index in [1.165, 1.54) is 23.1 Å². The second-order valence-electron chi connectivity index (χ2n) is 6.47. The average molecular weight is 259 g/mol. The van der Waals surface area contributed by atoms with E-state index in [2.05, 4.69) is 66.7 Å². The largest absolute Gasteiger partial charge is 0.379 e. The highest BCUT2D eigenvalue weighted by molar-refractivity contribution is 5.85. The zero-order valence-electron chi connectivity index (χ0n) is 11.6. The van der Waals surface area contributed by atoms with Crippen LogP contribution in [0.4, 0.5) is 0 Å². The highest BCUT2D eigenvalue weighted by Gasteiger charge is 2.53. The molecule has 2 atom stereocenters. The van der Waals surface area contributed by atoms with E-state index in [4.69, 9.17) is 0 Å². The predicted molar refractivity (Wildman–Crippen MR) is 81.6 cm³/mol. The van der Waals surface area contributed by atoms with Gasteiger partial charge in [0.2, 0.25) is 0 Å². The summed E-state index contributed by atoms with van der Waals surface area (Å²) in [6.45, 7) is 1.13. The van der Waals surface area contributed by atoms with Crippen LogP contribution in [0, 0.1) is 0 Å². The van der Waals surface area contributed by atoms with E-state index in [1.54, 1.807) is 11.1 Å². The van der Waals surface area contributed by atoms with E-state index >= 15 is 0 Å². The molecule has 0 aromatic heterocycles. The molecule has 2 aliphatic carbocycles. The maximum absolute atomic E-state index is 2.37. The Balaban J connectivity index is 1.91. The highest BCUT2D eigenvalue weighted by Crippen LogP contribution is 2.62. The zero-order chi connectivity index (χ0) is 13.3. The Bertz CT molecular complexity index is 758. The van der Waals surface area contributed by atoms with Crippen molar-refractivity contribution in [3.8, 4) is 0 Å². The van der Waals surface area contributed by atoms with E-state index in [0.29, 0.717) is 5.92 Å². The molecule has 0 radical (unpaired) electrons. The monoisotopic (exact) mass is 259 g/mol. The minimum Gasteiger partial charge on any atom is -0.379 e. The number of benzene rings is 2. The van der Waals surface area contributed by atoms with E-state index in [1.807, 2.05) is 0 Å². The van der Waals surface area contributed by atoms with Gasteiger partial charge in [0.05, 0.1) is 0 Å². The second-order valence-corrected chi connectivity index (χ2v) is 6.47. The summed E-state index contributed by atoms with van der Waals surface area (Å²) >= 11 is 0. The third-order valence-corrected chi connectivity index (χ3v) is 5.42. The van der Waals surface area contributed by atoms with Crippen LogP contribution >= 0.6 is 0 Å². The molecule has 0 fully saturated rings. The first-order chi connectivity index (χ1) is 9.79. The molecule has 1 heterocycles. The molecule has 0 saturated heterocycles. The molecule has 0 saturated carbocycles. The lowest BCUT2D eigenvalue weighted by Crippen LogP contribution is -2.32. The molecule has 1 aliphatic heterocycles. The topological polar surface area (TPSA) is 3.24 Å². The minimum absolute atomic E-state index is 0.240. The molecule has 1 heteroatoms. The van der Waals surface area contributed by atoms with Gasteiger partial charge in [0.1, 0.15) is 0 Å². The molecular weight excluding hydrogens is 242 g/mol. The normalized spacial score (nSPS) is 28.8. The summed E-state index contributed by atoms with van der Waals surface area (Å²) in [6, 6.07) is 18.1. The number of hydrogen-bond donors (Lipinski definition) is 0. The van der Waals surface area contributed by atoms with Gasteiger partial charge in [0, 0.05) is 31.1 Å². The molecule has 2 unspecified atom stereocenters. The molecular formula is C19H17N. The third-order valence-electron chi connectivity index (χ3n) is 5.42. The van der Waals surface area contributed by atoms with Crippen molar-refractivity contribution >= 4 is 5.57 Å². The van der Waals surface area contributed by atoms with Gasteiger partial charge in [0.25, 0.3) is 0 Å². The Kier molecular flexibility index (Phi) is 1.80. The number of fused-ring (bicyclic) bond motifs is 3. The predicted octanol–water partition coefficient (Wildman–Crippen LogP) is 3.76. The summed E-state index contributed by atoms with van der Waals surface area (Å²) in [5.74, 6) is 0.589. The highest BCUT2D eigenvalue weighted by atomic mass is 15.1. The van der Waals surface area contributed by atoms with Gasteiger partial charge >= 0.3 is 0 Å². The smallest absolute Gasteiger partial charge is 0.0409 e. The van der Waals surface area contributed by atoms with Crippen molar-refractivity contribution in [2.45, 2.75) is 17.8 Å². The molecule has 0 amide bonds. The minimum atomic E-state index is 0.240. The molecule has 2 bridgehead atoms. The summed E-state index contributed by atoms with van der Waals surface area (Å²) in [7, 11) is 2.21. The number of rotatable bonds is 0. The van der Waals surface area contributed by atoms with Crippen LogP contribution in [0.1, 0.15) is 34.6 Å². The maximum atomic E-state index is 2.37. The quantitative estimate of drug-likeness (QED) is 0.696. The molecule has 1 nitrogen and oxygen atoms in total. The lowest BCUT2D eigenvalue weighted by Gasteiger charge is -2.34. The average Bonchev–Trinajstić information content (AvgIpc) is 2.97. The fourth-order valence-corrected chi connectivity index (χ4v) is 4.76. The van der Waals surface area contributed by atoms with Gasteiger partial charge in [-0.1, -0.05) is 48.5 Å². The molecule has 98 valence electrons. The van der Waals surface area contributed by atoms with Crippen LogP contribution in [-0.2, 0) is 5.41 Å². The first-order valence-electron chi connectivity index (χ1n) is 7.41. The van der Waals surface area contributed by atoms with Gasteiger partial charge in [-0.25, -0.2) is 0 Å². The number of hydrogen-bond acceptors (Lipinski definition) is 1. The third kappa shape index (κ3) is 1.07. The van der Waals surface area contributed by atoms with Crippen LogP contribution in [-0.4, -0.2) is 18.5 Å². The molecule has 1 spiro atoms. The fraction of sp³-hybridized carbons (Fsp3) is 0.263. The van der Waals surface area contributed by atoms with Crippen LogP contribution in [0.3, 0.4) is 0 Å². The van der Waals surface area contributed by atoms with Crippen LogP contribution in [0.15, 0.2) is 54.7 Å². The summed E-state index contributed by atoms with van der Waals surface area (Å²) in [4.78, 5) is 2.37. The summed E-state index contributed by atoms with van der Waals surface area (Å²) < 4.78 is 0. The van der Waals surface area contributed by atoms with Crippen molar-refractivity contribution in [1.29, 1.82) is 0 Å². The van der Waals surface area contributed by atoms with E-state index in [9.17, 15) is 0 Å². The van der Waals surface area contributed by atoms with Crippen molar-refractivity contribution in [1.82, 2.24) is 4.90 Å². The SMILES string of the molecule is CN1C=C2c3ccccc3C3CC2(C1)c1ccccc13. The number of likely N-dealkylation sites (N-methyl/N-ethyl adjacent to an activating group) is 1. The van der Waals surface area contributed by atoms with Crippen LogP contribution < -0.4 is 0 Å². The second kappa shape index (κ2) is 3.35. The van der Waals surface area contributed by atoms with Crippen molar-refractivity contribution in [2.24, 2.45) is 0 Å². The van der Waals surface area contributed by atoms with Crippen molar-refractivity contribution in [2.75, 3.05) is 13.6 Å². The summed E-state index contributed by atoms with van der Waals surface area (Å²) in [6.07, 6.45) is 3.62. The van der Waals surface area contributed by atoms with Crippen molar-refractivity contribution < 1.29 is 0 Å². The Morgan fingerprint density at radius 1 is 1.00 bits per heavy atom.